The van der Waals surface area contributed by atoms with Crippen molar-refractivity contribution in [3.05, 3.63) is 66.6 Å². The van der Waals surface area contributed by atoms with Crippen molar-refractivity contribution >= 4 is 5.91 Å². The highest BCUT2D eigenvalue weighted by Gasteiger charge is 2.31. The second-order valence-corrected chi connectivity index (χ2v) is 8.32. The number of likely N-dealkylation sites (tertiary alicyclic amines) is 1. The maximum atomic E-state index is 13.7. The molecule has 1 fully saturated rings. The van der Waals surface area contributed by atoms with Crippen molar-refractivity contribution in [2.24, 2.45) is 0 Å². The molecule has 0 unspecified atom stereocenters. The zero-order valence-electron chi connectivity index (χ0n) is 19.2. The van der Waals surface area contributed by atoms with Crippen molar-refractivity contribution in [3.63, 3.8) is 0 Å². The molecule has 1 saturated heterocycles. The van der Waals surface area contributed by atoms with Crippen LogP contribution in [-0.4, -0.2) is 65.2 Å². The first kappa shape index (κ1) is 21.7. The average molecular weight is 459 g/mol. The number of nitrogens with zero attached hydrogens (tertiary/aromatic N) is 8. The van der Waals surface area contributed by atoms with Crippen LogP contribution >= 0.6 is 0 Å². The minimum Gasteiger partial charge on any atom is -0.497 e. The molecule has 0 aliphatic carbocycles. The van der Waals surface area contributed by atoms with Crippen LogP contribution in [0, 0.1) is 6.92 Å². The molecule has 10 heteroatoms. The first-order chi connectivity index (χ1) is 16.6. The second kappa shape index (κ2) is 9.42. The number of carbonyl (C=O) groups is 1. The van der Waals surface area contributed by atoms with E-state index in [4.69, 9.17) is 4.74 Å². The van der Waals surface area contributed by atoms with Crippen LogP contribution in [0.2, 0.25) is 0 Å². The third kappa shape index (κ3) is 4.39. The summed E-state index contributed by atoms with van der Waals surface area (Å²) >= 11 is 0. The summed E-state index contributed by atoms with van der Waals surface area (Å²) in [5.41, 5.74) is 3.41. The molecule has 0 spiro atoms. The lowest BCUT2D eigenvalue weighted by Crippen LogP contribution is -2.46. The SMILES string of the molecule is COc1ccnc(-c2cnn(C[C@@H]3CCCCN3C(=O)c3nc(C)ccc3-n3nccn3)c2)c1. The molecule has 34 heavy (non-hydrogen) atoms. The van der Waals surface area contributed by atoms with Gasteiger partial charge in [-0.05, 0) is 44.4 Å². The Hall–Kier alpha value is -4.08. The minimum absolute atomic E-state index is 0.00742. The molecule has 0 N–H and O–H groups in total. The number of rotatable bonds is 6. The summed E-state index contributed by atoms with van der Waals surface area (Å²) in [6, 6.07) is 7.40. The van der Waals surface area contributed by atoms with E-state index in [9.17, 15) is 4.79 Å². The monoisotopic (exact) mass is 458 g/mol. The molecule has 4 aromatic rings. The number of piperidine rings is 1. The van der Waals surface area contributed by atoms with Crippen molar-refractivity contribution in [1.29, 1.82) is 0 Å². The Bertz CT molecular complexity index is 1280. The summed E-state index contributed by atoms with van der Waals surface area (Å²) in [6.45, 7) is 3.15. The number of hydrogen-bond acceptors (Lipinski definition) is 7. The van der Waals surface area contributed by atoms with Gasteiger partial charge in [0, 0.05) is 36.3 Å². The fourth-order valence-corrected chi connectivity index (χ4v) is 4.31. The van der Waals surface area contributed by atoms with Gasteiger partial charge in [-0.3, -0.25) is 14.5 Å². The first-order valence-electron chi connectivity index (χ1n) is 11.3. The molecule has 5 rings (SSSR count). The topological polar surface area (TPSA) is 104 Å². The summed E-state index contributed by atoms with van der Waals surface area (Å²) in [6.07, 6.45) is 11.6. The van der Waals surface area contributed by atoms with Gasteiger partial charge in [0.25, 0.3) is 5.91 Å². The van der Waals surface area contributed by atoms with E-state index in [0.29, 0.717) is 24.5 Å². The highest BCUT2D eigenvalue weighted by atomic mass is 16.5. The Kier molecular flexibility index (Phi) is 6.03. The van der Waals surface area contributed by atoms with Crippen LogP contribution in [0.15, 0.2) is 55.2 Å². The third-order valence-corrected chi connectivity index (χ3v) is 6.03. The molecule has 1 aliphatic heterocycles. The Labute approximate surface area is 197 Å². The standard InChI is InChI=1S/C24H26N8O2/c1-17-6-7-22(32-26-10-11-27-32)23(29-17)24(33)31-12-4-3-5-19(31)16-30-15-18(14-28-30)21-13-20(34-2)8-9-25-21/h6-11,13-15,19H,3-5,12,16H2,1-2H3/t19-/m0/s1. The summed E-state index contributed by atoms with van der Waals surface area (Å²) in [4.78, 5) is 26.1. The molecule has 4 aromatic heterocycles. The fourth-order valence-electron chi connectivity index (χ4n) is 4.31. The quantitative estimate of drug-likeness (QED) is 0.438. The van der Waals surface area contributed by atoms with Crippen molar-refractivity contribution in [1.82, 2.24) is 39.6 Å². The molecule has 0 radical (unpaired) electrons. The van der Waals surface area contributed by atoms with Gasteiger partial charge in [0.05, 0.1) is 44.0 Å². The van der Waals surface area contributed by atoms with Crippen LogP contribution in [0.1, 0.15) is 35.4 Å². The van der Waals surface area contributed by atoms with E-state index in [-0.39, 0.29) is 11.9 Å². The van der Waals surface area contributed by atoms with Crippen molar-refractivity contribution in [2.45, 2.75) is 38.8 Å². The Morgan fingerprint density at radius 1 is 1.12 bits per heavy atom. The smallest absolute Gasteiger partial charge is 0.275 e. The average Bonchev–Trinajstić information content (AvgIpc) is 3.57. The number of methoxy groups -OCH3 is 1. The minimum atomic E-state index is -0.109. The Morgan fingerprint density at radius 3 is 2.79 bits per heavy atom. The molecule has 174 valence electrons. The van der Waals surface area contributed by atoms with E-state index in [1.807, 2.05) is 47.0 Å². The third-order valence-electron chi connectivity index (χ3n) is 6.03. The van der Waals surface area contributed by atoms with Crippen molar-refractivity contribution < 1.29 is 9.53 Å². The number of carbonyl (C=O) groups excluding carboxylic acids is 1. The molecular weight excluding hydrogens is 432 g/mol. The molecule has 0 saturated carbocycles. The van der Waals surface area contributed by atoms with Gasteiger partial charge in [0.15, 0.2) is 5.69 Å². The molecule has 0 aromatic carbocycles. The number of ether oxygens (including phenoxy) is 1. The van der Waals surface area contributed by atoms with E-state index in [1.54, 1.807) is 31.9 Å². The zero-order chi connectivity index (χ0) is 23.5. The molecule has 5 heterocycles. The first-order valence-corrected chi connectivity index (χ1v) is 11.3. The molecular formula is C24H26N8O2. The van der Waals surface area contributed by atoms with Crippen molar-refractivity contribution in [2.75, 3.05) is 13.7 Å². The van der Waals surface area contributed by atoms with Gasteiger partial charge in [-0.2, -0.15) is 15.3 Å². The molecule has 1 atom stereocenters. The number of hydrogen-bond donors (Lipinski definition) is 0. The van der Waals surface area contributed by atoms with Gasteiger partial charge in [0.2, 0.25) is 0 Å². The number of aryl methyl sites for hydroxylation is 1. The lowest BCUT2D eigenvalue weighted by molar-refractivity contribution is 0.0577. The highest BCUT2D eigenvalue weighted by Crippen LogP contribution is 2.25. The molecule has 1 amide bonds. The van der Waals surface area contributed by atoms with E-state index < -0.39 is 0 Å². The Balaban J connectivity index is 1.39. The largest absolute Gasteiger partial charge is 0.497 e. The maximum Gasteiger partial charge on any atom is 0.275 e. The van der Waals surface area contributed by atoms with E-state index in [2.05, 4.69) is 25.3 Å². The normalized spacial score (nSPS) is 15.9. The second-order valence-electron chi connectivity index (χ2n) is 8.32. The van der Waals surface area contributed by atoms with E-state index in [1.165, 1.54) is 4.80 Å². The fraction of sp³-hybridized carbons (Fsp3) is 0.333. The van der Waals surface area contributed by atoms with Crippen LogP contribution in [0.5, 0.6) is 5.75 Å². The van der Waals surface area contributed by atoms with Crippen LogP contribution < -0.4 is 4.74 Å². The van der Waals surface area contributed by atoms with E-state index in [0.717, 1.165) is 42.0 Å². The van der Waals surface area contributed by atoms with E-state index >= 15 is 0 Å². The van der Waals surface area contributed by atoms with Crippen LogP contribution in [0.3, 0.4) is 0 Å². The van der Waals surface area contributed by atoms with Crippen LogP contribution in [0.4, 0.5) is 0 Å². The van der Waals surface area contributed by atoms with Gasteiger partial charge in [0.1, 0.15) is 11.4 Å². The van der Waals surface area contributed by atoms with Gasteiger partial charge >= 0.3 is 0 Å². The summed E-state index contributed by atoms with van der Waals surface area (Å²) in [5, 5.41) is 12.9. The maximum absolute atomic E-state index is 13.7. The van der Waals surface area contributed by atoms with Gasteiger partial charge in [-0.15, -0.1) is 4.80 Å². The Morgan fingerprint density at radius 2 is 1.97 bits per heavy atom. The zero-order valence-corrected chi connectivity index (χ0v) is 19.2. The van der Waals surface area contributed by atoms with Crippen molar-refractivity contribution in [3.8, 4) is 22.7 Å². The number of aromatic nitrogens is 7. The molecule has 10 nitrogen and oxygen atoms in total. The predicted octanol–water partition coefficient (Wildman–Crippen LogP) is 2.93. The predicted molar refractivity (Wildman–Crippen MR) is 125 cm³/mol. The molecule has 1 aliphatic rings. The van der Waals surface area contributed by atoms with Crippen LogP contribution in [0.25, 0.3) is 16.9 Å². The lowest BCUT2D eigenvalue weighted by Gasteiger charge is -2.35. The summed E-state index contributed by atoms with van der Waals surface area (Å²) < 4.78 is 7.19. The summed E-state index contributed by atoms with van der Waals surface area (Å²) in [5.74, 6) is 0.637. The van der Waals surface area contributed by atoms with Crippen LogP contribution in [-0.2, 0) is 6.54 Å². The molecule has 0 bridgehead atoms. The number of pyridine rings is 2. The van der Waals surface area contributed by atoms with Gasteiger partial charge in [-0.1, -0.05) is 0 Å². The lowest BCUT2D eigenvalue weighted by atomic mass is 10.0. The van der Waals surface area contributed by atoms with Gasteiger partial charge in [-0.25, -0.2) is 4.98 Å². The number of amides is 1. The summed E-state index contributed by atoms with van der Waals surface area (Å²) in [7, 11) is 1.63. The van der Waals surface area contributed by atoms with Gasteiger partial charge < -0.3 is 9.64 Å². The highest BCUT2D eigenvalue weighted by molar-refractivity contribution is 5.96.